The number of fused-ring (bicyclic) bond motifs is 1. The maximum Gasteiger partial charge on any atom is 0.228 e. The first-order chi connectivity index (χ1) is 9.54. The predicted molar refractivity (Wildman–Crippen MR) is 83.5 cm³/mol. The standard InChI is InChI=1S/C16H10BrClO2/c1-9-5-12(17)6-11-8-14(20-16(9)11)15(19)10-3-2-4-13(18)7-10/h2-8H,1H3. The highest BCUT2D eigenvalue weighted by Gasteiger charge is 2.16. The van der Waals surface area contributed by atoms with Gasteiger partial charge in [-0.15, -0.1) is 0 Å². The maximum absolute atomic E-state index is 12.4. The van der Waals surface area contributed by atoms with Crippen LogP contribution in [-0.2, 0) is 0 Å². The number of aryl methyl sites for hydroxylation is 1. The average Bonchev–Trinajstić information content (AvgIpc) is 2.82. The summed E-state index contributed by atoms with van der Waals surface area (Å²) in [7, 11) is 0. The van der Waals surface area contributed by atoms with Crippen LogP contribution in [0.25, 0.3) is 11.0 Å². The highest BCUT2D eigenvalue weighted by atomic mass is 79.9. The molecule has 0 radical (unpaired) electrons. The van der Waals surface area contributed by atoms with Gasteiger partial charge in [0.2, 0.25) is 5.78 Å². The second-order valence-corrected chi connectivity index (χ2v) is 5.94. The fourth-order valence-electron chi connectivity index (χ4n) is 2.17. The first-order valence-corrected chi connectivity index (χ1v) is 7.21. The van der Waals surface area contributed by atoms with E-state index in [4.69, 9.17) is 16.0 Å². The maximum atomic E-state index is 12.4. The van der Waals surface area contributed by atoms with Crippen molar-refractivity contribution >= 4 is 44.3 Å². The Balaban J connectivity index is 2.11. The van der Waals surface area contributed by atoms with E-state index in [2.05, 4.69) is 15.9 Å². The van der Waals surface area contributed by atoms with Gasteiger partial charge in [-0.2, -0.15) is 0 Å². The Bertz CT molecular complexity index is 820. The van der Waals surface area contributed by atoms with Crippen LogP contribution < -0.4 is 0 Å². The molecule has 2 nitrogen and oxygen atoms in total. The van der Waals surface area contributed by atoms with Crippen LogP contribution in [0.5, 0.6) is 0 Å². The van der Waals surface area contributed by atoms with E-state index in [1.807, 2.05) is 19.1 Å². The third-order valence-electron chi connectivity index (χ3n) is 3.08. The van der Waals surface area contributed by atoms with E-state index in [1.54, 1.807) is 30.3 Å². The van der Waals surface area contributed by atoms with Crippen molar-refractivity contribution in [1.82, 2.24) is 0 Å². The summed E-state index contributed by atoms with van der Waals surface area (Å²) in [6.45, 7) is 1.95. The molecule has 1 heterocycles. The lowest BCUT2D eigenvalue weighted by Crippen LogP contribution is -1.98. The molecule has 0 spiro atoms. The summed E-state index contributed by atoms with van der Waals surface area (Å²) in [5.74, 6) is 0.155. The van der Waals surface area contributed by atoms with Crippen LogP contribution >= 0.6 is 27.5 Å². The number of rotatable bonds is 2. The second-order valence-electron chi connectivity index (χ2n) is 4.59. The van der Waals surface area contributed by atoms with Gasteiger partial charge in [0.25, 0.3) is 0 Å². The zero-order valence-corrected chi connectivity index (χ0v) is 13.0. The van der Waals surface area contributed by atoms with Crippen molar-refractivity contribution in [2.75, 3.05) is 0 Å². The molecule has 0 saturated carbocycles. The van der Waals surface area contributed by atoms with Gasteiger partial charge in [0.05, 0.1) is 0 Å². The van der Waals surface area contributed by atoms with Crippen LogP contribution in [0.15, 0.2) is 51.4 Å². The summed E-state index contributed by atoms with van der Waals surface area (Å²) in [5.41, 5.74) is 2.24. The Labute approximate surface area is 129 Å². The SMILES string of the molecule is Cc1cc(Br)cc2cc(C(=O)c3cccc(Cl)c3)oc12. The minimum absolute atomic E-state index is 0.167. The molecule has 0 N–H and O–H groups in total. The van der Waals surface area contributed by atoms with Gasteiger partial charge in [-0.3, -0.25) is 4.79 Å². The average molecular weight is 350 g/mol. The van der Waals surface area contributed by atoms with E-state index in [9.17, 15) is 4.79 Å². The molecule has 3 aromatic rings. The van der Waals surface area contributed by atoms with Crippen molar-refractivity contribution in [3.63, 3.8) is 0 Å². The normalized spacial score (nSPS) is 10.9. The second kappa shape index (κ2) is 5.08. The van der Waals surface area contributed by atoms with Gasteiger partial charge in [-0.1, -0.05) is 39.7 Å². The number of hydrogen-bond acceptors (Lipinski definition) is 2. The van der Waals surface area contributed by atoms with Crippen LogP contribution in [-0.4, -0.2) is 5.78 Å². The summed E-state index contributed by atoms with van der Waals surface area (Å²) in [4.78, 5) is 12.4. The first kappa shape index (κ1) is 13.4. The molecule has 100 valence electrons. The van der Waals surface area contributed by atoms with Crippen LogP contribution in [0.1, 0.15) is 21.7 Å². The van der Waals surface area contributed by atoms with Crippen molar-refractivity contribution < 1.29 is 9.21 Å². The number of hydrogen-bond donors (Lipinski definition) is 0. The molecule has 0 fully saturated rings. The Morgan fingerprint density at radius 3 is 2.75 bits per heavy atom. The van der Waals surface area contributed by atoms with Gasteiger partial charge in [-0.25, -0.2) is 0 Å². The number of carbonyl (C=O) groups is 1. The van der Waals surface area contributed by atoms with E-state index in [0.717, 1.165) is 21.0 Å². The number of furan rings is 1. The number of carbonyl (C=O) groups excluding carboxylic acids is 1. The van der Waals surface area contributed by atoms with E-state index in [1.165, 1.54) is 0 Å². The summed E-state index contributed by atoms with van der Waals surface area (Å²) in [6.07, 6.45) is 0. The van der Waals surface area contributed by atoms with Crippen molar-refractivity contribution in [3.8, 4) is 0 Å². The van der Waals surface area contributed by atoms with E-state index < -0.39 is 0 Å². The third-order valence-corrected chi connectivity index (χ3v) is 3.77. The molecule has 0 aliphatic carbocycles. The minimum Gasteiger partial charge on any atom is -0.452 e. The molecular formula is C16H10BrClO2. The molecule has 2 aromatic carbocycles. The molecule has 0 saturated heterocycles. The third kappa shape index (κ3) is 2.39. The van der Waals surface area contributed by atoms with Crippen molar-refractivity contribution in [1.29, 1.82) is 0 Å². The number of halogens is 2. The Hall–Kier alpha value is -1.58. The van der Waals surface area contributed by atoms with Crippen LogP contribution in [0.4, 0.5) is 0 Å². The largest absolute Gasteiger partial charge is 0.452 e. The fraction of sp³-hybridized carbons (Fsp3) is 0.0625. The number of ketones is 1. The summed E-state index contributed by atoms with van der Waals surface area (Å²) >= 11 is 9.35. The molecule has 20 heavy (non-hydrogen) atoms. The first-order valence-electron chi connectivity index (χ1n) is 6.04. The zero-order chi connectivity index (χ0) is 14.3. The minimum atomic E-state index is -0.167. The summed E-state index contributed by atoms with van der Waals surface area (Å²) in [5, 5.41) is 1.44. The molecule has 0 bridgehead atoms. The van der Waals surface area contributed by atoms with Gasteiger partial charge in [0.15, 0.2) is 5.76 Å². The molecule has 4 heteroatoms. The molecule has 1 aromatic heterocycles. The molecular weight excluding hydrogens is 340 g/mol. The van der Waals surface area contributed by atoms with Crippen molar-refractivity contribution in [2.45, 2.75) is 6.92 Å². The van der Waals surface area contributed by atoms with E-state index in [0.29, 0.717) is 16.3 Å². The topological polar surface area (TPSA) is 30.2 Å². The van der Waals surface area contributed by atoms with Gasteiger partial charge >= 0.3 is 0 Å². The smallest absolute Gasteiger partial charge is 0.228 e. The predicted octanol–water partition coefficient (Wildman–Crippen LogP) is 5.39. The summed E-state index contributed by atoms with van der Waals surface area (Å²) < 4.78 is 6.66. The van der Waals surface area contributed by atoms with Gasteiger partial charge in [0.1, 0.15) is 5.58 Å². The number of benzene rings is 2. The van der Waals surface area contributed by atoms with Gasteiger partial charge < -0.3 is 4.42 Å². The van der Waals surface area contributed by atoms with Crippen LogP contribution in [0, 0.1) is 6.92 Å². The van der Waals surface area contributed by atoms with Gasteiger partial charge in [0, 0.05) is 20.4 Å². The van der Waals surface area contributed by atoms with E-state index >= 15 is 0 Å². The lowest BCUT2D eigenvalue weighted by Gasteiger charge is -1.98. The monoisotopic (exact) mass is 348 g/mol. The molecule has 3 rings (SSSR count). The highest BCUT2D eigenvalue weighted by molar-refractivity contribution is 9.10. The molecule has 0 aliphatic heterocycles. The fourth-order valence-corrected chi connectivity index (χ4v) is 2.95. The molecule has 0 amide bonds. The van der Waals surface area contributed by atoms with Crippen molar-refractivity contribution in [2.24, 2.45) is 0 Å². The zero-order valence-electron chi connectivity index (χ0n) is 10.6. The van der Waals surface area contributed by atoms with Crippen molar-refractivity contribution in [3.05, 3.63) is 68.8 Å². The van der Waals surface area contributed by atoms with Crippen LogP contribution in [0.2, 0.25) is 5.02 Å². The van der Waals surface area contributed by atoms with Crippen LogP contribution in [0.3, 0.4) is 0 Å². The Morgan fingerprint density at radius 2 is 2.00 bits per heavy atom. The molecule has 0 atom stereocenters. The quantitative estimate of drug-likeness (QED) is 0.581. The highest BCUT2D eigenvalue weighted by Crippen LogP contribution is 2.28. The molecule has 0 unspecified atom stereocenters. The Kier molecular flexibility index (Phi) is 3.40. The lowest BCUT2D eigenvalue weighted by molar-refractivity contribution is 0.101. The summed E-state index contributed by atoms with van der Waals surface area (Å²) in [6, 6.07) is 12.5. The lowest BCUT2D eigenvalue weighted by atomic mass is 10.1. The Morgan fingerprint density at radius 1 is 1.20 bits per heavy atom. The molecule has 0 aliphatic rings. The van der Waals surface area contributed by atoms with E-state index in [-0.39, 0.29) is 5.78 Å². The van der Waals surface area contributed by atoms with Gasteiger partial charge in [-0.05, 0) is 42.8 Å².